The third-order valence-electron chi connectivity index (χ3n) is 2.59. The van der Waals surface area contributed by atoms with Crippen molar-refractivity contribution in [3.8, 4) is 6.07 Å². The summed E-state index contributed by atoms with van der Waals surface area (Å²) in [6.07, 6.45) is 4.12. The highest BCUT2D eigenvalue weighted by atomic mass is 16.2. The molecule has 0 unspecified atom stereocenters. The lowest BCUT2D eigenvalue weighted by Gasteiger charge is -2.07. The van der Waals surface area contributed by atoms with Gasteiger partial charge in [-0.2, -0.15) is 5.26 Å². The highest BCUT2D eigenvalue weighted by Gasteiger charge is 1.99. The molecule has 0 saturated carbocycles. The zero-order valence-corrected chi connectivity index (χ0v) is 9.95. The number of aliphatic hydroxyl groups is 1. The first-order chi connectivity index (χ1) is 8.27. The van der Waals surface area contributed by atoms with Crippen LogP contribution < -0.4 is 11.1 Å². The first-order valence-electron chi connectivity index (χ1n) is 5.92. The van der Waals surface area contributed by atoms with Gasteiger partial charge in [0.1, 0.15) is 6.07 Å². The number of aliphatic hydroxyl groups excluding tert-OH is 1. The monoisotopic (exact) mass is 233 g/mol. The van der Waals surface area contributed by atoms with Crippen molar-refractivity contribution in [3.63, 3.8) is 0 Å². The summed E-state index contributed by atoms with van der Waals surface area (Å²) >= 11 is 0. The molecule has 0 aromatic heterocycles. The van der Waals surface area contributed by atoms with Gasteiger partial charge in [-0.15, -0.1) is 0 Å². The quantitative estimate of drug-likeness (QED) is 0.497. The van der Waals surface area contributed by atoms with E-state index in [1.54, 1.807) is 12.1 Å². The van der Waals surface area contributed by atoms with E-state index >= 15 is 0 Å². The van der Waals surface area contributed by atoms with E-state index in [0.29, 0.717) is 11.3 Å². The van der Waals surface area contributed by atoms with Crippen LogP contribution in [0.1, 0.15) is 31.2 Å². The van der Waals surface area contributed by atoms with Gasteiger partial charge in [-0.1, -0.05) is 12.8 Å². The van der Waals surface area contributed by atoms with Crippen molar-refractivity contribution < 1.29 is 5.11 Å². The molecule has 0 amide bonds. The predicted molar refractivity (Wildman–Crippen MR) is 69.6 cm³/mol. The molecule has 0 radical (unpaired) electrons. The number of nitriles is 1. The molecule has 4 nitrogen and oxygen atoms in total. The fourth-order valence-electron chi connectivity index (χ4n) is 1.60. The number of hydrogen-bond donors (Lipinski definition) is 3. The van der Waals surface area contributed by atoms with E-state index in [9.17, 15) is 0 Å². The normalized spacial score (nSPS) is 9.88. The maximum absolute atomic E-state index is 8.74. The van der Waals surface area contributed by atoms with Crippen molar-refractivity contribution in [2.24, 2.45) is 0 Å². The molecule has 92 valence electrons. The van der Waals surface area contributed by atoms with Crippen molar-refractivity contribution in [1.82, 2.24) is 0 Å². The standard InChI is InChI=1S/C13H19N3O/c14-10-11-5-6-12(9-13(11)15)16-7-3-1-2-4-8-17/h5-6,9,16-17H,1-4,7-8,15H2. The van der Waals surface area contributed by atoms with Gasteiger partial charge in [0.05, 0.1) is 11.3 Å². The van der Waals surface area contributed by atoms with Crippen molar-refractivity contribution in [3.05, 3.63) is 23.8 Å². The predicted octanol–water partition coefficient (Wildman–Crippen LogP) is 2.11. The van der Waals surface area contributed by atoms with Crippen LogP contribution >= 0.6 is 0 Å². The summed E-state index contributed by atoms with van der Waals surface area (Å²) in [6, 6.07) is 7.41. The molecule has 1 aromatic carbocycles. The van der Waals surface area contributed by atoms with Crippen LogP contribution in [0.15, 0.2) is 18.2 Å². The molecule has 0 bridgehead atoms. The largest absolute Gasteiger partial charge is 0.398 e. The lowest BCUT2D eigenvalue weighted by molar-refractivity contribution is 0.283. The maximum atomic E-state index is 8.74. The van der Waals surface area contributed by atoms with Crippen LogP contribution in [0.3, 0.4) is 0 Å². The van der Waals surface area contributed by atoms with E-state index in [0.717, 1.165) is 37.9 Å². The maximum Gasteiger partial charge on any atom is 0.101 e. The topological polar surface area (TPSA) is 82.1 Å². The SMILES string of the molecule is N#Cc1ccc(NCCCCCCO)cc1N. The van der Waals surface area contributed by atoms with Gasteiger partial charge in [0.25, 0.3) is 0 Å². The molecule has 1 aromatic rings. The molecule has 0 saturated heterocycles. The molecule has 1 rings (SSSR count). The fraction of sp³-hybridized carbons (Fsp3) is 0.462. The molecule has 0 spiro atoms. The fourth-order valence-corrected chi connectivity index (χ4v) is 1.60. The Bertz CT molecular complexity index is 385. The minimum atomic E-state index is 0.277. The molecule has 4 N–H and O–H groups in total. The van der Waals surface area contributed by atoms with Crippen LogP contribution in [0.25, 0.3) is 0 Å². The van der Waals surface area contributed by atoms with Crippen LogP contribution in [0.4, 0.5) is 11.4 Å². The summed E-state index contributed by atoms with van der Waals surface area (Å²) in [5.74, 6) is 0. The number of nitrogens with zero attached hydrogens (tertiary/aromatic N) is 1. The highest BCUT2D eigenvalue weighted by molar-refractivity contribution is 5.62. The van der Waals surface area contributed by atoms with Crippen molar-refractivity contribution >= 4 is 11.4 Å². The Morgan fingerprint density at radius 2 is 2.00 bits per heavy atom. The van der Waals surface area contributed by atoms with Crippen LogP contribution in [0.2, 0.25) is 0 Å². The van der Waals surface area contributed by atoms with Gasteiger partial charge in [0, 0.05) is 18.8 Å². The smallest absolute Gasteiger partial charge is 0.101 e. The molecule has 0 aliphatic heterocycles. The molecule has 0 heterocycles. The molecule has 0 aliphatic carbocycles. The Balaban J connectivity index is 2.28. The zero-order valence-electron chi connectivity index (χ0n) is 9.95. The van der Waals surface area contributed by atoms with Crippen molar-refractivity contribution in [2.45, 2.75) is 25.7 Å². The minimum Gasteiger partial charge on any atom is -0.398 e. The van der Waals surface area contributed by atoms with Gasteiger partial charge in [0.15, 0.2) is 0 Å². The minimum absolute atomic E-state index is 0.277. The van der Waals surface area contributed by atoms with Crippen LogP contribution in [0, 0.1) is 11.3 Å². The Kier molecular flexibility index (Phi) is 5.91. The van der Waals surface area contributed by atoms with Gasteiger partial charge in [-0.05, 0) is 31.0 Å². The lowest BCUT2D eigenvalue weighted by atomic mass is 10.1. The molecule has 0 fully saturated rings. The number of unbranched alkanes of at least 4 members (excludes halogenated alkanes) is 3. The second-order valence-corrected chi connectivity index (χ2v) is 3.98. The number of hydrogen-bond acceptors (Lipinski definition) is 4. The Labute approximate surface area is 102 Å². The third kappa shape index (κ3) is 4.75. The molecule has 0 aliphatic rings. The van der Waals surface area contributed by atoms with E-state index in [4.69, 9.17) is 16.1 Å². The molecular weight excluding hydrogens is 214 g/mol. The van der Waals surface area contributed by atoms with E-state index in [2.05, 4.69) is 5.32 Å². The number of nitrogens with two attached hydrogens (primary N) is 1. The average molecular weight is 233 g/mol. The lowest BCUT2D eigenvalue weighted by Crippen LogP contribution is -2.02. The molecular formula is C13H19N3O. The number of anilines is 2. The third-order valence-corrected chi connectivity index (χ3v) is 2.59. The molecule has 17 heavy (non-hydrogen) atoms. The summed E-state index contributed by atoms with van der Waals surface area (Å²) in [7, 11) is 0. The van der Waals surface area contributed by atoms with Crippen LogP contribution in [-0.4, -0.2) is 18.3 Å². The average Bonchev–Trinajstić information content (AvgIpc) is 2.34. The second-order valence-electron chi connectivity index (χ2n) is 3.98. The number of nitrogens with one attached hydrogen (secondary N) is 1. The zero-order chi connectivity index (χ0) is 12.5. The van der Waals surface area contributed by atoms with E-state index < -0.39 is 0 Å². The molecule has 4 heteroatoms. The number of nitrogen functional groups attached to an aromatic ring is 1. The van der Waals surface area contributed by atoms with Crippen molar-refractivity contribution in [2.75, 3.05) is 24.2 Å². The Hall–Kier alpha value is -1.73. The first-order valence-corrected chi connectivity index (χ1v) is 5.92. The van der Waals surface area contributed by atoms with Gasteiger partial charge in [-0.3, -0.25) is 0 Å². The second kappa shape index (κ2) is 7.53. The first kappa shape index (κ1) is 13.3. The summed E-state index contributed by atoms with van der Waals surface area (Å²) < 4.78 is 0. The van der Waals surface area contributed by atoms with E-state index in [-0.39, 0.29) is 6.61 Å². The Morgan fingerprint density at radius 3 is 2.65 bits per heavy atom. The van der Waals surface area contributed by atoms with Gasteiger partial charge in [0.2, 0.25) is 0 Å². The van der Waals surface area contributed by atoms with Gasteiger partial charge < -0.3 is 16.2 Å². The van der Waals surface area contributed by atoms with Crippen molar-refractivity contribution in [1.29, 1.82) is 5.26 Å². The summed E-state index contributed by atoms with van der Waals surface area (Å²) in [6.45, 7) is 1.16. The number of benzene rings is 1. The van der Waals surface area contributed by atoms with E-state index in [1.165, 1.54) is 0 Å². The summed E-state index contributed by atoms with van der Waals surface area (Å²) in [5, 5.41) is 20.6. The van der Waals surface area contributed by atoms with Gasteiger partial charge in [-0.25, -0.2) is 0 Å². The molecule has 0 atom stereocenters. The number of rotatable bonds is 7. The van der Waals surface area contributed by atoms with Gasteiger partial charge >= 0.3 is 0 Å². The van der Waals surface area contributed by atoms with Crippen LogP contribution in [-0.2, 0) is 0 Å². The van der Waals surface area contributed by atoms with Crippen LogP contribution in [0.5, 0.6) is 0 Å². The Morgan fingerprint density at radius 1 is 1.24 bits per heavy atom. The van der Waals surface area contributed by atoms with E-state index in [1.807, 2.05) is 12.1 Å². The highest BCUT2D eigenvalue weighted by Crippen LogP contribution is 2.17. The summed E-state index contributed by atoms with van der Waals surface area (Å²) in [4.78, 5) is 0. The summed E-state index contributed by atoms with van der Waals surface area (Å²) in [5.41, 5.74) is 7.68.